The molecule has 68 heavy (non-hydrogen) atoms. The van der Waals surface area contributed by atoms with E-state index in [1.165, 1.54) is 49.9 Å². The van der Waals surface area contributed by atoms with Gasteiger partial charge in [0.15, 0.2) is 34.6 Å². The third kappa shape index (κ3) is 8.02. The second kappa shape index (κ2) is 17.2. The predicted octanol–water partition coefficient (Wildman–Crippen LogP) is 11.5. The zero-order valence-corrected chi connectivity index (χ0v) is 43.8. The van der Waals surface area contributed by atoms with Gasteiger partial charge in [-0.3, -0.25) is 0 Å². The standard InChI is InChI=1S/C50H67N17O/c1-22-24(3)28(7)38(29(8)25(22)4)64-44(32(11)34(13)60-64)58-56-36-40(49(15,16)17)62-66(42(36)51)46-53-47(55-48(54-46)68-21)67-43(52)37(41(63-67)50(18,19)20)57-59-45-33(12)35(14)61-65(45)39-30(9)26(5)23(2)27(6)31(39)10/h51-52H2,1-21H3. The summed E-state index contributed by atoms with van der Waals surface area (Å²) in [6.45, 7) is 41.4. The fourth-order valence-electron chi connectivity index (χ4n) is 8.50. The first-order valence-electron chi connectivity index (χ1n) is 22.8. The van der Waals surface area contributed by atoms with E-state index in [4.69, 9.17) is 62.0 Å². The minimum Gasteiger partial charge on any atom is -0.467 e. The summed E-state index contributed by atoms with van der Waals surface area (Å²) in [6, 6.07) is -0.0235. The number of hydrogen-bond donors (Lipinski definition) is 2. The van der Waals surface area contributed by atoms with Crippen molar-refractivity contribution in [2.75, 3.05) is 18.6 Å². The van der Waals surface area contributed by atoms with Gasteiger partial charge in [0.2, 0.25) is 0 Å². The van der Waals surface area contributed by atoms with Gasteiger partial charge in [-0.05, 0) is 153 Å². The summed E-state index contributed by atoms with van der Waals surface area (Å²) < 4.78 is 12.2. The number of hydrogen-bond acceptors (Lipinski definition) is 14. The summed E-state index contributed by atoms with van der Waals surface area (Å²) >= 11 is 0. The highest BCUT2D eigenvalue weighted by molar-refractivity contribution is 5.68. The van der Waals surface area contributed by atoms with Crippen LogP contribution in [0.2, 0.25) is 0 Å². The number of aryl methyl sites for hydroxylation is 2. The van der Waals surface area contributed by atoms with E-state index >= 15 is 0 Å². The second-order valence-corrected chi connectivity index (χ2v) is 20.1. The van der Waals surface area contributed by atoms with Crippen molar-refractivity contribution in [1.82, 2.24) is 54.1 Å². The lowest BCUT2D eigenvalue weighted by atomic mass is 9.91. The SMILES string of the molecule is COc1nc(-n2nc(C(C)(C)C)c(N=Nc3c(C)c(C)nn3-c3c(C)c(C)c(C)c(C)c3C)c2N)nc(-n2nc(C(C)(C)C)c(N=Nc3c(C)c(C)nn3-c3c(C)c(C)c(C)c(C)c3C)c2N)n1. The van der Waals surface area contributed by atoms with Crippen LogP contribution in [0, 0.1) is 96.9 Å². The largest absolute Gasteiger partial charge is 0.467 e. The summed E-state index contributed by atoms with van der Waals surface area (Å²) in [6.07, 6.45) is 0. The Kier molecular flexibility index (Phi) is 12.3. The Balaban J connectivity index is 1.36. The molecule has 7 aromatic rings. The number of nitrogens with zero attached hydrogens (tertiary/aromatic N) is 15. The van der Waals surface area contributed by atoms with Gasteiger partial charge in [0.25, 0.3) is 11.9 Å². The van der Waals surface area contributed by atoms with Crippen molar-refractivity contribution in [3.63, 3.8) is 0 Å². The van der Waals surface area contributed by atoms with Gasteiger partial charge < -0.3 is 16.2 Å². The second-order valence-electron chi connectivity index (χ2n) is 20.1. The van der Waals surface area contributed by atoms with Gasteiger partial charge in [-0.15, -0.1) is 20.5 Å². The predicted molar refractivity (Wildman–Crippen MR) is 269 cm³/mol. The highest BCUT2D eigenvalue weighted by Crippen LogP contribution is 2.42. The van der Waals surface area contributed by atoms with Crippen LogP contribution in [0.15, 0.2) is 20.5 Å². The Hall–Kier alpha value is -7.11. The maximum atomic E-state index is 7.00. The van der Waals surface area contributed by atoms with E-state index < -0.39 is 10.8 Å². The number of benzene rings is 2. The molecule has 0 fully saturated rings. The lowest BCUT2D eigenvalue weighted by Crippen LogP contribution is -2.16. The molecule has 5 heterocycles. The van der Waals surface area contributed by atoms with Crippen molar-refractivity contribution in [1.29, 1.82) is 0 Å². The summed E-state index contributed by atoms with van der Waals surface area (Å²) in [4.78, 5) is 14.0. The molecule has 0 aliphatic carbocycles. The number of rotatable bonds is 9. The first-order chi connectivity index (χ1) is 31.6. The van der Waals surface area contributed by atoms with Crippen molar-refractivity contribution in [3.8, 4) is 29.3 Å². The minimum absolute atomic E-state index is 0.0235. The molecule has 358 valence electrons. The zero-order valence-electron chi connectivity index (χ0n) is 43.8. The van der Waals surface area contributed by atoms with Crippen LogP contribution in [-0.2, 0) is 10.8 Å². The van der Waals surface area contributed by atoms with Crippen LogP contribution in [0.3, 0.4) is 0 Å². The van der Waals surface area contributed by atoms with Crippen molar-refractivity contribution in [2.45, 2.75) is 149 Å². The van der Waals surface area contributed by atoms with Gasteiger partial charge in [0.1, 0.15) is 0 Å². The lowest BCUT2D eigenvalue weighted by molar-refractivity contribution is 0.375. The van der Waals surface area contributed by atoms with Gasteiger partial charge in [0, 0.05) is 22.0 Å². The van der Waals surface area contributed by atoms with Crippen molar-refractivity contribution < 1.29 is 4.74 Å². The van der Waals surface area contributed by atoms with E-state index in [-0.39, 0.29) is 29.5 Å². The normalized spacial score (nSPS) is 12.5. The summed E-state index contributed by atoms with van der Waals surface area (Å²) in [5.41, 5.74) is 32.0. The fraction of sp³-hybridized carbons (Fsp3) is 0.460. The van der Waals surface area contributed by atoms with Crippen molar-refractivity contribution in [2.24, 2.45) is 20.5 Å². The van der Waals surface area contributed by atoms with Crippen LogP contribution in [0.1, 0.15) is 131 Å². The zero-order chi connectivity index (χ0) is 50.4. The molecule has 7 rings (SSSR count). The molecule has 2 aromatic carbocycles. The number of azo groups is 2. The number of ether oxygens (including phenoxy) is 1. The van der Waals surface area contributed by atoms with Crippen molar-refractivity contribution >= 4 is 34.6 Å². The van der Waals surface area contributed by atoms with Crippen molar-refractivity contribution in [3.05, 3.63) is 89.5 Å². The molecular formula is C50H67N17O. The molecule has 0 aliphatic rings. The van der Waals surface area contributed by atoms with Gasteiger partial charge in [-0.2, -0.15) is 44.7 Å². The van der Waals surface area contributed by atoms with Crippen LogP contribution < -0.4 is 16.2 Å². The molecular weight excluding hydrogens is 855 g/mol. The van der Waals surface area contributed by atoms with Gasteiger partial charge in [0.05, 0.1) is 41.3 Å². The molecule has 0 spiro atoms. The van der Waals surface area contributed by atoms with E-state index in [2.05, 4.69) is 79.2 Å². The first-order valence-corrected chi connectivity index (χ1v) is 22.8. The monoisotopic (exact) mass is 922 g/mol. The average molecular weight is 922 g/mol. The number of nitrogen functional groups attached to an aromatic ring is 2. The topological polar surface area (TPSA) is 221 Å². The number of methoxy groups -OCH3 is 1. The van der Waals surface area contributed by atoms with Crippen LogP contribution in [0.4, 0.5) is 34.6 Å². The molecule has 0 unspecified atom stereocenters. The van der Waals surface area contributed by atoms with E-state index in [0.717, 1.165) is 56.1 Å². The maximum Gasteiger partial charge on any atom is 0.322 e. The van der Waals surface area contributed by atoms with E-state index in [9.17, 15) is 0 Å². The molecule has 18 heteroatoms. The Morgan fingerprint density at radius 3 is 1.00 bits per heavy atom. The molecule has 0 radical (unpaired) electrons. The smallest absolute Gasteiger partial charge is 0.322 e. The Labute approximate surface area is 399 Å². The Morgan fingerprint density at radius 1 is 0.397 bits per heavy atom. The first kappa shape index (κ1) is 48.8. The third-order valence-electron chi connectivity index (χ3n) is 13.9. The molecule has 4 N–H and O–H groups in total. The summed E-state index contributed by atoms with van der Waals surface area (Å²) in [5.74, 6) is 1.57. The minimum atomic E-state index is -0.536. The Bertz CT molecular complexity index is 2980. The van der Waals surface area contributed by atoms with Crippen LogP contribution in [-0.4, -0.2) is 61.2 Å². The quantitative estimate of drug-likeness (QED) is 0.130. The number of anilines is 2. The van der Waals surface area contributed by atoms with Gasteiger partial charge in [-0.25, -0.2) is 9.36 Å². The van der Waals surface area contributed by atoms with E-state index in [1.807, 2.05) is 78.6 Å². The molecule has 0 atom stereocenters. The molecule has 0 bridgehead atoms. The molecule has 5 aromatic heterocycles. The highest BCUT2D eigenvalue weighted by atomic mass is 16.5. The number of aromatic nitrogens is 11. The third-order valence-corrected chi connectivity index (χ3v) is 13.9. The van der Waals surface area contributed by atoms with Crippen LogP contribution >= 0.6 is 0 Å². The van der Waals surface area contributed by atoms with E-state index in [1.54, 1.807) is 0 Å². The van der Waals surface area contributed by atoms with Gasteiger partial charge >= 0.3 is 6.01 Å². The van der Waals surface area contributed by atoms with Gasteiger partial charge in [-0.1, -0.05) is 41.5 Å². The highest BCUT2D eigenvalue weighted by Gasteiger charge is 2.32. The maximum absolute atomic E-state index is 7.00. The average Bonchev–Trinajstić information content (AvgIpc) is 3.98. The van der Waals surface area contributed by atoms with Crippen LogP contribution in [0.5, 0.6) is 6.01 Å². The molecule has 0 aliphatic heterocycles. The summed E-state index contributed by atoms with van der Waals surface area (Å²) in [7, 11) is 1.46. The lowest BCUT2D eigenvalue weighted by Gasteiger charge is -2.19. The molecule has 0 amide bonds. The molecule has 0 saturated carbocycles. The van der Waals surface area contributed by atoms with E-state index in [0.29, 0.717) is 34.4 Å². The van der Waals surface area contributed by atoms with Crippen LogP contribution in [0.25, 0.3) is 23.3 Å². The fourth-order valence-corrected chi connectivity index (χ4v) is 8.50. The number of nitrogens with two attached hydrogens (primary N) is 2. The Morgan fingerprint density at radius 2 is 0.706 bits per heavy atom. The molecule has 0 saturated heterocycles. The summed E-state index contributed by atoms with van der Waals surface area (Å²) in [5, 5.41) is 39.3. The molecule has 18 nitrogen and oxygen atoms in total.